The molecule has 1 aromatic carbocycles. The van der Waals surface area contributed by atoms with Crippen LogP contribution in [0.4, 0.5) is 4.39 Å². The van der Waals surface area contributed by atoms with Crippen molar-refractivity contribution in [2.45, 2.75) is 26.0 Å². The fourth-order valence-corrected chi connectivity index (χ4v) is 1.96. The molecule has 3 nitrogen and oxygen atoms in total. The van der Waals surface area contributed by atoms with Crippen LogP contribution in [0.5, 0.6) is 5.75 Å². The number of benzene rings is 1. The summed E-state index contributed by atoms with van der Waals surface area (Å²) in [5.41, 5.74) is 7.02. The van der Waals surface area contributed by atoms with Crippen LogP contribution in [0, 0.1) is 5.82 Å². The minimum atomic E-state index is -0.448. The second kappa shape index (κ2) is 6.68. The van der Waals surface area contributed by atoms with Gasteiger partial charge in [-0.15, -0.1) is 0 Å². The number of halogens is 2. The largest absolute Gasteiger partial charge is 0.487 e. The third kappa shape index (κ3) is 3.92. The van der Waals surface area contributed by atoms with E-state index in [0.717, 1.165) is 5.69 Å². The first-order valence-corrected chi connectivity index (χ1v) is 6.70. The highest BCUT2D eigenvalue weighted by Gasteiger charge is 2.07. The topological polar surface area (TPSA) is 48.1 Å². The zero-order valence-corrected chi connectivity index (χ0v) is 11.9. The Hall–Kier alpha value is -1.65. The molecule has 1 atom stereocenters. The average Bonchev–Trinajstić information content (AvgIpc) is 2.41. The molecule has 0 aliphatic carbocycles. The van der Waals surface area contributed by atoms with Crippen molar-refractivity contribution in [2.75, 3.05) is 0 Å². The lowest BCUT2D eigenvalue weighted by Crippen LogP contribution is -2.18. The Morgan fingerprint density at radius 1 is 1.35 bits per heavy atom. The Morgan fingerprint density at radius 3 is 2.80 bits per heavy atom. The lowest BCUT2D eigenvalue weighted by molar-refractivity contribution is 0.298. The van der Waals surface area contributed by atoms with Crippen molar-refractivity contribution in [2.24, 2.45) is 5.73 Å². The monoisotopic (exact) mass is 294 g/mol. The molecule has 5 heteroatoms. The van der Waals surface area contributed by atoms with Crippen LogP contribution in [0.2, 0.25) is 5.02 Å². The van der Waals surface area contributed by atoms with Crippen molar-refractivity contribution in [1.29, 1.82) is 0 Å². The summed E-state index contributed by atoms with van der Waals surface area (Å²) in [6.45, 7) is 2.04. The summed E-state index contributed by atoms with van der Waals surface area (Å²) in [5, 5.41) is 0.0940. The van der Waals surface area contributed by atoms with E-state index in [0.29, 0.717) is 17.7 Å². The van der Waals surface area contributed by atoms with Gasteiger partial charge in [0.2, 0.25) is 0 Å². The molecule has 0 aliphatic heterocycles. The summed E-state index contributed by atoms with van der Waals surface area (Å²) in [6, 6.07) is 8.55. The molecular formula is C15H16ClFN2O. The van der Waals surface area contributed by atoms with Gasteiger partial charge >= 0.3 is 0 Å². The number of nitrogens with zero attached hydrogens (tertiary/aromatic N) is 1. The molecule has 0 radical (unpaired) electrons. The molecule has 0 spiro atoms. The first kappa shape index (κ1) is 14.8. The quantitative estimate of drug-likeness (QED) is 0.920. The van der Waals surface area contributed by atoms with Crippen molar-refractivity contribution < 1.29 is 9.13 Å². The van der Waals surface area contributed by atoms with Crippen LogP contribution in [-0.4, -0.2) is 11.0 Å². The molecule has 0 aliphatic rings. The fraction of sp³-hybridized carbons (Fsp3) is 0.267. The molecule has 0 bridgehead atoms. The molecule has 0 amide bonds. The Balaban J connectivity index is 1.99. The van der Waals surface area contributed by atoms with Gasteiger partial charge < -0.3 is 10.5 Å². The Morgan fingerprint density at radius 2 is 2.15 bits per heavy atom. The van der Waals surface area contributed by atoms with Crippen molar-refractivity contribution in [3.8, 4) is 5.75 Å². The van der Waals surface area contributed by atoms with E-state index in [-0.39, 0.29) is 17.7 Å². The molecule has 1 unspecified atom stereocenters. The number of rotatable bonds is 5. The summed E-state index contributed by atoms with van der Waals surface area (Å²) in [4.78, 5) is 4.25. The van der Waals surface area contributed by atoms with E-state index in [1.54, 1.807) is 24.4 Å². The summed E-state index contributed by atoms with van der Waals surface area (Å²) >= 11 is 5.71. The van der Waals surface area contributed by atoms with E-state index in [9.17, 15) is 4.39 Å². The van der Waals surface area contributed by atoms with Gasteiger partial charge in [-0.25, -0.2) is 4.39 Å². The maximum Gasteiger partial charge on any atom is 0.148 e. The Bertz CT molecular complexity index is 573. The van der Waals surface area contributed by atoms with E-state index in [4.69, 9.17) is 22.1 Å². The second-order valence-electron chi connectivity index (χ2n) is 4.67. The fourth-order valence-electron chi connectivity index (χ4n) is 1.77. The van der Waals surface area contributed by atoms with Crippen molar-refractivity contribution >= 4 is 11.6 Å². The van der Waals surface area contributed by atoms with E-state index < -0.39 is 5.82 Å². The van der Waals surface area contributed by atoms with Gasteiger partial charge in [-0.1, -0.05) is 23.7 Å². The van der Waals surface area contributed by atoms with Crippen LogP contribution in [0.25, 0.3) is 0 Å². The number of aromatic nitrogens is 1. The average molecular weight is 295 g/mol. The number of hydrogen-bond donors (Lipinski definition) is 1. The van der Waals surface area contributed by atoms with Crippen molar-refractivity contribution in [3.05, 3.63) is 58.6 Å². The minimum absolute atomic E-state index is 0.0647. The highest BCUT2D eigenvalue weighted by Crippen LogP contribution is 2.19. The highest BCUT2D eigenvalue weighted by molar-refractivity contribution is 6.30. The van der Waals surface area contributed by atoms with Gasteiger partial charge in [-0.05, 0) is 25.1 Å². The highest BCUT2D eigenvalue weighted by atomic mass is 35.5. The molecule has 2 N–H and O–H groups in total. The van der Waals surface area contributed by atoms with E-state index in [2.05, 4.69) is 4.98 Å². The summed E-state index contributed by atoms with van der Waals surface area (Å²) < 4.78 is 19.2. The van der Waals surface area contributed by atoms with E-state index in [1.165, 1.54) is 6.07 Å². The smallest absolute Gasteiger partial charge is 0.148 e. The van der Waals surface area contributed by atoms with Crippen LogP contribution in [-0.2, 0) is 13.0 Å². The van der Waals surface area contributed by atoms with Gasteiger partial charge in [0, 0.05) is 23.7 Å². The maximum atomic E-state index is 13.7. The lowest BCUT2D eigenvalue weighted by atomic mass is 10.2. The molecule has 0 saturated carbocycles. The van der Waals surface area contributed by atoms with E-state index >= 15 is 0 Å². The lowest BCUT2D eigenvalue weighted by Gasteiger charge is -2.09. The summed E-state index contributed by atoms with van der Waals surface area (Å²) in [7, 11) is 0. The summed E-state index contributed by atoms with van der Waals surface area (Å²) in [6.07, 6.45) is 2.32. The molecule has 1 heterocycles. The Kier molecular flexibility index (Phi) is 4.93. The third-order valence-electron chi connectivity index (χ3n) is 2.75. The van der Waals surface area contributed by atoms with Gasteiger partial charge in [0.25, 0.3) is 0 Å². The minimum Gasteiger partial charge on any atom is -0.487 e. The molecule has 0 saturated heterocycles. The van der Waals surface area contributed by atoms with Gasteiger partial charge in [0.1, 0.15) is 18.2 Å². The molecule has 20 heavy (non-hydrogen) atoms. The van der Waals surface area contributed by atoms with Crippen LogP contribution in [0.1, 0.15) is 18.2 Å². The number of pyridine rings is 1. The van der Waals surface area contributed by atoms with Gasteiger partial charge in [-0.2, -0.15) is 0 Å². The molecule has 2 aromatic rings. The standard InChI is InChI=1S/C15H16ClFN2O/c1-10(18)7-12-5-6-13(8-19-12)20-9-11-3-2-4-14(16)15(11)17/h2-6,8,10H,7,9,18H2,1H3. The van der Waals surface area contributed by atoms with Gasteiger partial charge in [-0.3, -0.25) is 4.98 Å². The van der Waals surface area contributed by atoms with Crippen LogP contribution in [0.3, 0.4) is 0 Å². The van der Waals surface area contributed by atoms with Crippen LogP contribution < -0.4 is 10.5 Å². The third-order valence-corrected chi connectivity index (χ3v) is 3.05. The molecule has 106 valence electrons. The Labute approximate surface area is 122 Å². The molecule has 1 aromatic heterocycles. The number of ether oxygens (including phenoxy) is 1. The van der Waals surface area contributed by atoms with Gasteiger partial charge in [0.15, 0.2) is 0 Å². The first-order chi connectivity index (χ1) is 9.56. The normalized spacial score (nSPS) is 12.2. The predicted molar refractivity (Wildman–Crippen MR) is 77.3 cm³/mol. The number of hydrogen-bond acceptors (Lipinski definition) is 3. The summed E-state index contributed by atoms with van der Waals surface area (Å²) in [5.74, 6) is 0.133. The molecule has 0 fully saturated rings. The van der Waals surface area contributed by atoms with Crippen LogP contribution >= 0.6 is 11.6 Å². The zero-order valence-electron chi connectivity index (χ0n) is 11.1. The van der Waals surface area contributed by atoms with E-state index in [1.807, 2.05) is 13.0 Å². The van der Waals surface area contributed by atoms with Crippen molar-refractivity contribution in [3.63, 3.8) is 0 Å². The predicted octanol–water partition coefficient (Wildman–Crippen LogP) is 3.34. The second-order valence-corrected chi connectivity index (χ2v) is 5.08. The molecule has 2 rings (SSSR count). The molecular weight excluding hydrogens is 279 g/mol. The first-order valence-electron chi connectivity index (χ1n) is 6.32. The maximum absolute atomic E-state index is 13.7. The van der Waals surface area contributed by atoms with Crippen molar-refractivity contribution in [1.82, 2.24) is 4.98 Å². The van der Waals surface area contributed by atoms with Crippen LogP contribution in [0.15, 0.2) is 36.5 Å². The SMILES string of the molecule is CC(N)Cc1ccc(OCc2cccc(Cl)c2F)cn1. The zero-order chi connectivity index (χ0) is 14.5. The number of nitrogens with two attached hydrogens (primary N) is 1. The van der Waals surface area contributed by atoms with Gasteiger partial charge in [0.05, 0.1) is 11.2 Å².